The maximum Gasteiger partial charge on any atom is 0.356 e. The summed E-state index contributed by atoms with van der Waals surface area (Å²) in [5.74, 6) is 0.321. The van der Waals surface area contributed by atoms with Crippen LogP contribution >= 0.6 is 11.6 Å². The molecule has 0 spiro atoms. The molecule has 0 unspecified atom stereocenters. The van der Waals surface area contributed by atoms with Gasteiger partial charge in [-0.3, -0.25) is 0 Å². The number of furan rings is 1. The second kappa shape index (κ2) is 5.17. The van der Waals surface area contributed by atoms with E-state index < -0.39 is 5.97 Å². The van der Waals surface area contributed by atoms with E-state index >= 15 is 0 Å². The third-order valence-electron chi connectivity index (χ3n) is 3.22. The van der Waals surface area contributed by atoms with Crippen molar-refractivity contribution in [2.45, 2.75) is 25.4 Å². The Kier molecular flexibility index (Phi) is 3.36. The van der Waals surface area contributed by atoms with Gasteiger partial charge in [-0.2, -0.15) is 0 Å². The maximum atomic E-state index is 11.1. The van der Waals surface area contributed by atoms with Crippen LogP contribution in [0.5, 0.6) is 0 Å². The standard InChI is InChI=1S/C14H13ClN2O3/c15-11-5-6-12(16-13(11)14(18)19)17(9-3-4-9)8-10-2-1-7-20-10/h1-2,5-7,9H,3-4,8H2,(H,18,19). The van der Waals surface area contributed by atoms with Gasteiger partial charge in [-0.1, -0.05) is 11.6 Å². The van der Waals surface area contributed by atoms with E-state index in [9.17, 15) is 4.79 Å². The van der Waals surface area contributed by atoms with E-state index in [-0.39, 0.29) is 10.7 Å². The molecule has 0 aromatic carbocycles. The number of carboxylic acids is 1. The maximum absolute atomic E-state index is 11.1. The van der Waals surface area contributed by atoms with Gasteiger partial charge < -0.3 is 14.4 Å². The molecule has 2 aromatic rings. The summed E-state index contributed by atoms with van der Waals surface area (Å²) in [5.41, 5.74) is -0.116. The minimum atomic E-state index is -1.12. The number of aromatic carboxylic acids is 1. The first-order chi connectivity index (χ1) is 9.65. The fraction of sp³-hybridized carbons (Fsp3) is 0.286. The molecule has 3 rings (SSSR count). The highest BCUT2D eigenvalue weighted by atomic mass is 35.5. The van der Waals surface area contributed by atoms with E-state index in [0.717, 1.165) is 18.6 Å². The van der Waals surface area contributed by atoms with E-state index in [0.29, 0.717) is 18.4 Å². The fourth-order valence-electron chi connectivity index (χ4n) is 2.10. The number of rotatable bonds is 5. The molecule has 0 bridgehead atoms. The van der Waals surface area contributed by atoms with Crippen LogP contribution in [0.4, 0.5) is 5.82 Å². The molecule has 104 valence electrons. The average Bonchev–Trinajstić information content (AvgIpc) is 3.14. The number of hydrogen-bond donors (Lipinski definition) is 1. The topological polar surface area (TPSA) is 66.6 Å². The Hall–Kier alpha value is -2.01. The van der Waals surface area contributed by atoms with Crippen molar-refractivity contribution in [3.05, 3.63) is 47.0 Å². The van der Waals surface area contributed by atoms with Gasteiger partial charge in [0.1, 0.15) is 11.6 Å². The third kappa shape index (κ3) is 2.63. The molecule has 20 heavy (non-hydrogen) atoms. The smallest absolute Gasteiger partial charge is 0.356 e. The van der Waals surface area contributed by atoms with Crippen molar-refractivity contribution in [3.8, 4) is 0 Å². The monoisotopic (exact) mass is 292 g/mol. The molecule has 1 aliphatic rings. The lowest BCUT2D eigenvalue weighted by Gasteiger charge is -2.22. The number of nitrogens with zero attached hydrogens (tertiary/aromatic N) is 2. The lowest BCUT2D eigenvalue weighted by Crippen LogP contribution is -2.26. The van der Waals surface area contributed by atoms with Gasteiger partial charge in [-0.15, -0.1) is 0 Å². The number of halogens is 1. The van der Waals surface area contributed by atoms with E-state index in [1.54, 1.807) is 18.4 Å². The van der Waals surface area contributed by atoms with Crippen LogP contribution in [0, 0.1) is 0 Å². The van der Waals surface area contributed by atoms with Gasteiger partial charge in [0.05, 0.1) is 17.8 Å². The first kappa shape index (κ1) is 13.0. The molecular weight excluding hydrogens is 280 g/mol. The first-order valence-electron chi connectivity index (χ1n) is 6.34. The first-order valence-corrected chi connectivity index (χ1v) is 6.72. The molecule has 5 nitrogen and oxygen atoms in total. The third-order valence-corrected chi connectivity index (χ3v) is 3.53. The zero-order chi connectivity index (χ0) is 14.1. The summed E-state index contributed by atoms with van der Waals surface area (Å²) in [4.78, 5) is 17.3. The number of aromatic nitrogens is 1. The van der Waals surface area contributed by atoms with Gasteiger partial charge in [-0.25, -0.2) is 9.78 Å². The molecule has 1 saturated carbocycles. The predicted molar refractivity (Wildman–Crippen MR) is 74.1 cm³/mol. The summed E-state index contributed by atoms with van der Waals surface area (Å²) < 4.78 is 5.35. The van der Waals surface area contributed by atoms with Gasteiger partial charge >= 0.3 is 5.97 Å². The summed E-state index contributed by atoms with van der Waals surface area (Å²) in [6.07, 6.45) is 3.78. The van der Waals surface area contributed by atoms with Gasteiger partial charge in [0, 0.05) is 6.04 Å². The lowest BCUT2D eigenvalue weighted by molar-refractivity contribution is 0.0691. The summed E-state index contributed by atoms with van der Waals surface area (Å²) in [6.45, 7) is 0.575. The largest absolute Gasteiger partial charge is 0.476 e. The van der Waals surface area contributed by atoms with E-state index in [1.165, 1.54) is 0 Å². The SMILES string of the molecule is O=C(O)c1nc(N(Cc2ccco2)C2CC2)ccc1Cl. The Bertz CT molecular complexity index is 623. The number of anilines is 1. The predicted octanol–water partition coefficient (Wildman–Crippen LogP) is 3.20. The van der Waals surface area contributed by atoms with E-state index in [1.807, 2.05) is 12.1 Å². The van der Waals surface area contributed by atoms with Crippen LogP contribution in [-0.4, -0.2) is 22.1 Å². The average molecular weight is 293 g/mol. The van der Waals surface area contributed by atoms with Crippen LogP contribution in [0.25, 0.3) is 0 Å². The molecule has 1 fully saturated rings. The van der Waals surface area contributed by atoms with Crippen molar-refractivity contribution in [2.24, 2.45) is 0 Å². The van der Waals surface area contributed by atoms with Crippen molar-refractivity contribution in [2.75, 3.05) is 4.90 Å². The molecule has 1 aliphatic carbocycles. The Balaban J connectivity index is 1.91. The van der Waals surface area contributed by atoms with Crippen LogP contribution in [-0.2, 0) is 6.54 Å². The zero-order valence-corrected chi connectivity index (χ0v) is 11.4. The number of pyridine rings is 1. The Morgan fingerprint density at radius 3 is 2.85 bits per heavy atom. The molecule has 0 radical (unpaired) electrons. The van der Waals surface area contributed by atoms with Gasteiger partial charge in [-0.05, 0) is 37.1 Å². The Morgan fingerprint density at radius 2 is 2.25 bits per heavy atom. The lowest BCUT2D eigenvalue weighted by atomic mass is 10.3. The van der Waals surface area contributed by atoms with Crippen molar-refractivity contribution < 1.29 is 14.3 Å². The van der Waals surface area contributed by atoms with Crippen LogP contribution in [0.3, 0.4) is 0 Å². The highest BCUT2D eigenvalue weighted by molar-refractivity contribution is 6.33. The summed E-state index contributed by atoms with van der Waals surface area (Å²) in [6, 6.07) is 7.43. The second-order valence-electron chi connectivity index (χ2n) is 4.74. The second-order valence-corrected chi connectivity index (χ2v) is 5.15. The molecule has 6 heteroatoms. The minimum Gasteiger partial charge on any atom is -0.476 e. The van der Waals surface area contributed by atoms with E-state index in [4.69, 9.17) is 21.1 Å². The molecular formula is C14H13ClN2O3. The van der Waals surface area contributed by atoms with Crippen LogP contribution in [0.2, 0.25) is 5.02 Å². The minimum absolute atomic E-state index is 0.116. The fourth-order valence-corrected chi connectivity index (χ4v) is 2.28. The van der Waals surface area contributed by atoms with Gasteiger partial charge in [0.15, 0.2) is 5.69 Å². The number of carbonyl (C=O) groups is 1. The van der Waals surface area contributed by atoms with Crippen molar-refractivity contribution >= 4 is 23.4 Å². The summed E-state index contributed by atoms with van der Waals surface area (Å²) >= 11 is 5.85. The van der Waals surface area contributed by atoms with Crippen molar-refractivity contribution in [1.82, 2.24) is 4.98 Å². The molecule has 0 amide bonds. The van der Waals surface area contributed by atoms with Gasteiger partial charge in [0.2, 0.25) is 0 Å². The molecule has 2 aromatic heterocycles. The normalized spacial score (nSPS) is 14.2. The summed E-state index contributed by atoms with van der Waals surface area (Å²) in [5, 5.41) is 9.25. The van der Waals surface area contributed by atoms with Crippen molar-refractivity contribution in [1.29, 1.82) is 0 Å². The zero-order valence-electron chi connectivity index (χ0n) is 10.6. The molecule has 1 N–H and O–H groups in total. The van der Waals surface area contributed by atoms with Crippen LogP contribution in [0.15, 0.2) is 34.9 Å². The van der Waals surface area contributed by atoms with Crippen LogP contribution < -0.4 is 4.90 Å². The number of hydrogen-bond acceptors (Lipinski definition) is 4. The highest BCUT2D eigenvalue weighted by Crippen LogP contribution is 2.33. The van der Waals surface area contributed by atoms with E-state index in [2.05, 4.69) is 9.88 Å². The van der Waals surface area contributed by atoms with Crippen LogP contribution in [0.1, 0.15) is 29.1 Å². The quantitative estimate of drug-likeness (QED) is 0.916. The molecule has 0 aliphatic heterocycles. The number of carboxylic acid groups (broad SMARTS) is 1. The van der Waals surface area contributed by atoms with Crippen molar-refractivity contribution in [3.63, 3.8) is 0 Å². The summed E-state index contributed by atoms with van der Waals surface area (Å²) in [7, 11) is 0. The Labute approximate surface area is 120 Å². The highest BCUT2D eigenvalue weighted by Gasteiger charge is 2.31. The molecule has 0 atom stereocenters. The molecule has 0 saturated heterocycles. The molecule has 2 heterocycles. The van der Waals surface area contributed by atoms with Gasteiger partial charge in [0.25, 0.3) is 0 Å². The Morgan fingerprint density at radius 1 is 1.45 bits per heavy atom.